The van der Waals surface area contributed by atoms with Crippen LogP contribution in [0.25, 0.3) is 6.08 Å². The summed E-state index contributed by atoms with van der Waals surface area (Å²) in [6.07, 6.45) is 3.40. The number of para-hydroxylation sites is 1. The van der Waals surface area contributed by atoms with Gasteiger partial charge in [-0.25, -0.2) is 19.2 Å². The van der Waals surface area contributed by atoms with Gasteiger partial charge in [0.2, 0.25) is 5.91 Å². The number of halogens is 1. The lowest BCUT2D eigenvalue weighted by Gasteiger charge is -2.31. The first-order chi connectivity index (χ1) is 22.2. The van der Waals surface area contributed by atoms with Crippen molar-refractivity contribution in [3.63, 3.8) is 0 Å². The molecule has 13 heteroatoms. The molecule has 0 radical (unpaired) electrons. The van der Waals surface area contributed by atoms with Crippen LogP contribution in [0.15, 0.2) is 60.9 Å². The van der Waals surface area contributed by atoms with Crippen LogP contribution in [0.4, 0.5) is 26.5 Å². The number of nitrogens with one attached hydrogen (secondary N) is 3. The minimum absolute atomic E-state index is 0.0245. The molecule has 3 heterocycles. The van der Waals surface area contributed by atoms with Gasteiger partial charge in [-0.1, -0.05) is 48.5 Å². The van der Waals surface area contributed by atoms with Crippen LogP contribution in [-0.2, 0) is 20.7 Å². The highest BCUT2D eigenvalue weighted by Crippen LogP contribution is 2.48. The van der Waals surface area contributed by atoms with Gasteiger partial charge in [0.05, 0.1) is 17.8 Å². The number of fused-ring (bicyclic) bond motifs is 2. The normalized spacial score (nSPS) is 25.1. The predicted octanol–water partition coefficient (Wildman–Crippen LogP) is 3.73. The maximum atomic E-state index is 14.6. The Hall–Kier alpha value is -4.43. The summed E-state index contributed by atoms with van der Waals surface area (Å²) < 4.78 is 27.8. The Balaban J connectivity index is 1.26. The molecule has 5 unspecified atom stereocenters. The second-order valence-electron chi connectivity index (χ2n) is 11.8. The number of hydrogen-bond donors (Lipinski definition) is 5. The van der Waals surface area contributed by atoms with Gasteiger partial charge in [0.25, 0.3) is 0 Å². The molecule has 2 aliphatic heterocycles. The standard InChI is InChI=1S/C33H37FN6O6/c1-3-35-32(44)39-29-22-13-15-40(30(22)37-18-36-29)24-16-20(17-25(41)38-26-21(31(42)43)10-7-11-23(26)34)27-28(24)46-33(2,45-27)14-12-19-8-5-4-6-9-19/h4-12,14,18,20,24,27-28,31,42-43H,3,13,15-17H2,1-2H3,(H,38,41)(H2,35,36,37,39,44)/b14-12+. The average Bonchev–Trinajstić information content (AvgIpc) is 3.70. The van der Waals surface area contributed by atoms with E-state index in [9.17, 15) is 24.2 Å². The Morgan fingerprint density at radius 3 is 2.65 bits per heavy atom. The third-order valence-electron chi connectivity index (χ3n) is 8.63. The number of amides is 3. The van der Waals surface area contributed by atoms with Gasteiger partial charge in [-0.05, 0) is 50.3 Å². The molecule has 46 heavy (non-hydrogen) atoms. The molecule has 5 N–H and O–H groups in total. The Bertz CT molecular complexity index is 1620. The molecule has 2 aromatic carbocycles. The number of hydrogen-bond acceptors (Lipinski definition) is 9. The third-order valence-corrected chi connectivity index (χ3v) is 8.63. The van der Waals surface area contributed by atoms with E-state index in [1.165, 1.54) is 18.5 Å². The SMILES string of the molecule is CCNC(=O)Nc1ncnc2c1CCN2C1CC(CC(=O)Nc2c(F)cccc2C(O)O)C2OC(C)(/C=C/c3ccccc3)OC21. The van der Waals surface area contributed by atoms with Gasteiger partial charge in [-0.15, -0.1) is 0 Å². The van der Waals surface area contributed by atoms with Gasteiger partial charge in [-0.3, -0.25) is 10.1 Å². The molecule has 5 atom stereocenters. The third kappa shape index (κ3) is 6.44. The Morgan fingerprint density at radius 2 is 1.89 bits per heavy atom. The quantitative estimate of drug-likeness (QED) is 0.222. The molecule has 1 aliphatic carbocycles. The van der Waals surface area contributed by atoms with Crippen molar-refractivity contribution in [3.05, 3.63) is 83.4 Å². The molecule has 0 bridgehead atoms. The minimum Gasteiger partial charge on any atom is -0.364 e. The topological polar surface area (TPSA) is 158 Å². The van der Waals surface area contributed by atoms with Crippen LogP contribution in [0.1, 0.15) is 49.7 Å². The number of benzene rings is 2. The van der Waals surface area contributed by atoms with Crippen molar-refractivity contribution in [2.45, 2.75) is 63.4 Å². The van der Waals surface area contributed by atoms with Crippen molar-refractivity contribution in [1.82, 2.24) is 15.3 Å². The van der Waals surface area contributed by atoms with Gasteiger partial charge >= 0.3 is 6.03 Å². The molecule has 1 saturated carbocycles. The summed E-state index contributed by atoms with van der Waals surface area (Å²) in [5.41, 5.74) is 1.38. The van der Waals surface area contributed by atoms with Crippen molar-refractivity contribution in [2.24, 2.45) is 5.92 Å². The van der Waals surface area contributed by atoms with Crippen LogP contribution >= 0.6 is 0 Å². The molecule has 3 aromatic rings. The fourth-order valence-electron chi connectivity index (χ4n) is 6.62. The van der Waals surface area contributed by atoms with Crippen LogP contribution in [-0.4, -0.2) is 69.2 Å². The smallest absolute Gasteiger partial charge is 0.320 e. The molecule has 0 spiro atoms. The van der Waals surface area contributed by atoms with Crippen molar-refractivity contribution in [2.75, 3.05) is 28.6 Å². The highest BCUT2D eigenvalue weighted by atomic mass is 19.1. The first-order valence-corrected chi connectivity index (χ1v) is 15.4. The minimum atomic E-state index is -1.96. The van der Waals surface area contributed by atoms with E-state index < -0.39 is 36.0 Å². The summed E-state index contributed by atoms with van der Waals surface area (Å²) in [7, 11) is 0. The molecule has 6 rings (SSSR count). The van der Waals surface area contributed by atoms with E-state index in [0.717, 1.165) is 17.2 Å². The highest BCUT2D eigenvalue weighted by Gasteiger charge is 2.57. The molecular weight excluding hydrogens is 595 g/mol. The number of nitrogens with zero attached hydrogens (tertiary/aromatic N) is 3. The summed E-state index contributed by atoms with van der Waals surface area (Å²) in [5.74, 6) is -1.56. The van der Waals surface area contributed by atoms with E-state index in [0.29, 0.717) is 37.6 Å². The largest absolute Gasteiger partial charge is 0.364 e. The van der Waals surface area contributed by atoms with E-state index in [4.69, 9.17) is 9.47 Å². The van der Waals surface area contributed by atoms with Crippen molar-refractivity contribution >= 4 is 35.3 Å². The molecule has 12 nitrogen and oxygen atoms in total. The lowest BCUT2D eigenvalue weighted by Crippen LogP contribution is -2.43. The number of rotatable bonds is 9. The summed E-state index contributed by atoms with van der Waals surface area (Å²) >= 11 is 0. The molecule has 3 aliphatic rings. The van der Waals surface area contributed by atoms with Crippen LogP contribution in [0.5, 0.6) is 0 Å². The molecule has 1 aromatic heterocycles. The lowest BCUT2D eigenvalue weighted by atomic mass is 10.00. The summed E-state index contributed by atoms with van der Waals surface area (Å²) in [5, 5.41) is 27.5. The number of aromatic nitrogens is 2. The zero-order chi connectivity index (χ0) is 32.4. The fraction of sp³-hybridized carbons (Fsp3) is 0.394. The summed E-state index contributed by atoms with van der Waals surface area (Å²) in [4.78, 5) is 36.6. The van der Waals surface area contributed by atoms with Gasteiger partial charge in [0.1, 0.15) is 29.9 Å². The second-order valence-corrected chi connectivity index (χ2v) is 11.8. The number of carbonyl (C=O) groups is 2. The first-order valence-electron chi connectivity index (χ1n) is 15.4. The van der Waals surface area contributed by atoms with Gasteiger partial charge < -0.3 is 35.2 Å². The molecular formula is C33H37FN6O6. The summed E-state index contributed by atoms with van der Waals surface area (Å²) in [6.45, 7) is 4.73. The number of carbonyl (C=O) groups excluding carboxylic acids is 2. The lowest BCUT2D eigenvalue weighted by molar-refractivity contribution is -0.137. The molecule has 242 valence electrons. The first kappa shape index (κ1) is 31.5. The summed E-state index contributed by atoms with van der Waals surface area (Å²) in [6, 6.07) is 13.0. The molecule has 1 saturated heterocycles. The number of anilines is 3. The van der Waals surface area contributed by atoms with Crippen LogP contribution in [0.3, 0.4) is 0 Å². The van der Waals surface area contributed by atoms with Crippen LogP contribution in [0, 0.1) is 11.7 Å². The van der Waals surface area contributed by atoms with Crippen LogP contribution in [0.2, 0.25) is 0 Å². The predicted molar refractivity (Wildman–Crippen MR) is 168 cm³/mol. The Kier molecular flexibility index (Phi) is 9.00. The second kappa shape index (κ2) is 13.1. The zero-order valence-corrected chi connectivity index (χ0v) is 25.5. The fourth-order valence-corrected chi connectivity index (χ4v) is 6.62. The number of ether oxygens (including phenoxy) is 2. The van der Waals surface area contributed by atoms with Gasteiger partial charge in [0.15, 0.2) is 12.1 Å². The van der Waals surface area contributed by atoms with Crippen LogP contribution < -0.4 is 20.9 Å². The maximum absolute atomic E-state index is 14.6. The van der Waals surface area contributed by atoms with E-state index in [2.05, 4.69) is 30.8 Å². The number of aliphatic hydroxyl groups excluding tert-OH is 1. The van der Waals surface area contributed by atoms with E-state index in [1.54, 1.807) is 0 Å². The zero-order valence-electron chi connectivity index (χ0n) is 25.5. The Morgan fingerprint density at radius 1 is 1.11 bits per heavy atom. The van der Waals surface area contributed by atoms with Gasteiger partial charge in [0, 0.05) is 30.6 Å². The maximum Gasteiger partial charge on any atom is 0.320 e. The highest BCUT2D eigenvalue weighted by molar-refractivity contribution is 5.92. The van der Waals surface area contributed by atoms with E-state index in [-0.39, 0.29) is 35.7 Å². The number of urea groups is 1. The van der Waals surface area contributed by atoms with Gasteiger partial charge in [-0.2, -0.15) is 0 Å². The Labute approximate surface area is 265 Å². The van der Waals surface area contributed by atoms with Crippen molar-refractivity contribution in [3.8, 4) is 0 Å². The average molecular weight is 633 g/mol. The molecule has 2 fully saturated rings. The van der Waals surface area contributed by atoms with Crippen molar-refractivity contribution in [1.29, 1.82) is 0 Å². The number of aliphatic hydroxyl groups is 2. The molecule has 3 amide bonds. The van der Waals surface area contributed by atoms with Crippen molar-refractivity contribution < 1.29 is 33.7 Å². The van der Waals surface area contributed by atoms with E-state index >= 15 is 0 Å². The van der Waals surface area contributed by atoms with E-state index in [1.807, 2.05) is 56.3 Å². The monoisotopic (exact) mass is 632 g/mol.